The quantitative estimate of drug-likeness (QED) is 0.582. The van der Waals surface area contributed by atoms with Crippen molar-refractivity contribution in [1.82, 2.24) is 10.3 Å². The molecule has 0 aliphatic carbocycles. The first-order valence-corrected chi connectivity index (χ1v) is 10.5. The molecule has 7 heteroatoms. The molecule has 1 aliphatic heterocycles. The molecule has 2 heterocycles. The van der Waals surface area contributed by atoms with Gasteiger partial charge in [-0.3, -0.25) is 0 Å². The molecule has 1 amide bonds. The largest absolute Gasteiger partial charge is 0.465 e. The van der Waals surface area contributed by atoms with Crippen LogP contribution in [0.25, 0.3) is 11.3 Å². The smallest absolute Gasteiger partial charge is 0.404 e. The second-order valence-electron chi connectivity index (χ2n) is 5.96. The lowest BCUT2D eigenvalue weighted by molar-refractivity contribution is 0.194. The molecule has 2 aromatic rings. The van der Waals surface area contributed by atoms with Crippen LogP contribution in [0.1, 0.15) is 30.6 Å². The number of benzene rings is 1. The van der Waals surface area contributed by atoms with E-state index < -0.39 is 6.09 Å². The monoisotopic (exact) mass is 377 g/mol. The van der Waals surface area contributed by atoms with E-state index in [2.05, 4.69) is 34.9 Å². The van der Waals surface area contributed by atoms with Gasteiger partial charge in [0, 0.05) is 34.2 Å². The predicted molar refractivity (Wildman–Crippen MR) is 105 cm³/mol. The second-order valence-corrected chi connectivity index (χ2v) is 8.18. The average Bonchev–Trinajstić information content (AvgIpc) is 2.92. The van der Waals surface area contributed by atoms with Crippen LogP contribution < -0.4 is 10.6 Å². The summed E-state index contributed by atoms with van der Waals surface area (Å²) in [6.45, 7) is 1.45. The van der Waals surface area contributed by atoms with E-state index in [-0.39, 0.29) is 0 Å². The van der Waals surface area contributed by atoms with Crippen LogP contribution in [0, 0.1) is 0 Å². The molecule has 1 aliphatic rings. The van der Waals surface area contributed by atoms with E-state index in [1.807, 2.05) is 11.8 Å². The van der Waals surface area contributed by atoms with E-state index in [9.17, 15) is 4.79 Å². The first kappa shape index (κ1) is 18.1. The number of nitrogens with one attached hydrogen (secondary N) is 2. The van der Waals surface area contributed by atoms with Gasteiger partial charge >= 0.3 is 6.09 Å². The first-order valence-electron chi connectivity index (χ1n) is 8.66. The Labute approximate surface area is 156 Å². The van der Waals surface area contributed by atoms with Gasteiger partial charge in [0.15, 0.2) is 5.13 Å². The van der Waals surface area contributed by atoms with Gasteiger partial charge in [-0.25, -0.2) is 9.78 Å². The van der Waals surface area contributed by atoms with Crippen LogP contribution in [0.2, 0.25) is 0 Å². The van der Waals surface area contributed by atoms with Crippen molar-refractivity contribution >= 4 is 34.3 Å². The maximum atomic E-state index is 10.3. The Bertz CT molecular complexity index is 718. The van der Waals surface area contributed by atoms with Gasteiger partial charge in [-0.05, 0) is 25.3 Å². The molecular weight excluding hydrogens is 354 g/mol. The molecular formula is C18H23N3O2S2. The molecule has 134 valence electrons. The standard InChI is InChI=1S/C18H23N3O2S2/c22-18(23)20-11-6-2-1-5-10-19-17-21-16-13-7-3-4-8-14(13)24-12-9-15(16)25-17/h3-4,7-8,20H,1-2,5-6,9-12H2,(H,19,21)(H,22,23). The first-order chi connectivity index (χ1) is 12.2. The lowest BCUT2D eigenvalue weighted by Gasteiger charge is -2.04. The summed E-state index contributed by atoms with van der Waals surface area (Å²) in [6, 6.07) is 8.52. The fourth-order valence-electron chi connectivity index (χ4n) is 2.84. The van der Waals surface area contributed by atoms with Gasteiger partial charge in [-0.1, -0.05) is 31.0 Å². The SMILES string of the molecule is O=C(O)NCCCCCCNc1nc2c(s1)CCSc1ccccc1-2. The zero-order valence-corrected chi connectivity index (χ0v) is 15.7. The van der Waals surface area contributed by atoms with E-state index in [4.69, 9.17) is 10.1 Å². The molecule has 3 N–H and O–H groups in total. The van der Waals surface area contributed by atoms with E-state index in [1.54, 1.807) is 11.3 Å². The second kappa shape index (κ2) is 9.10. The number of hydrogen-bond acceptors (Lipinski definition) is 5. The molecule has 25 heavy (non-hydrogen) atoms. The van der Waals surface area contributed by atoms with Crippen LogP contribution in [0.4, 0.5) is 9.93 Å². The van der Waals surface area contributed by atoms with E-state index in [0.717, 1.165) is 55.2 Å². The minimum atomic E-state index is -0.940. The third kappa shape index (κ3) is 5.12. The molecule has 5 nitrogen and oxygen atoms in total. The van der Waals surface area contributed by atoms with Crippen molar-refractivity contribution in [3.8, 4) is 11.3 Å². The number of fused-ring (bicyclic) bond motifs is 3. The van der Waals surface area contributed by atoms with Crippen LogP contribution in [-0.4, -0.2) is 35.0 Å². The minimum absolute atomic E-state index is 0.541. The maximum Gasteiger partial charge on any atom is 0.404 e. The fraction of sp³-hybridized carbons (Fsp3) is 0.444. The molecule has 0 bridgehead atoms. The van der Waals surface area contributed by atoms with Crippen molar-refractivity contribution in [3.63, 3.8) is 0 Å². The summed E-state index contributed by atoms with van der Waals surface area (Å²) in [6.07, 6.45) is 4.24. The third-order valence-electron chi connectivity index (χ3n) is 4.08. The van der Waals surface area contributed by atoms with Gasteiger partial charge in [0.05, 0.1) is 5.69 Å². The van der Waals surface area contributed by atoms with Crippen molar-refractivity contribution in [2.45, 2.75) is 37.0 Å². The fourth-order valence-corrected chi connectivity index (χ4v) is 4.99. The highest BCUT2D eigenvalue weighted by Gasteiger charge is 2.19. The number of unbranched alkanes of at least 4 members (excludes halogenated alkanes) is 3. The highest BCUT2D eigenvalue weighted by molar-refractivity contribution is 7.99. The van der Waals surface area contributed by atoms with Crippen LogP contribution in [0.5, 0.6) is 0 Å². The summed E-state index contributed by atoms with van der Waals surface area (Å²) >= 11 is 3.69. The van der Waals surface area contributed by atoms with Crippen molar-refractivity contribution in [2.24, 2.45) is 0 Å². The van der Waals surface area contributed by atoms with Crippen LogP contribution >= 0.6 is 23.1 Å². The summed E-state index contributed by atoms with van der Waals surface area (Å²) in [5.41, 5.74) is 2.41. The lowest BCUT2D eigenvalue weighted by atomic mass is 10.1. The van der Waals surface area contributed by atoms with Gasteiger partial charge in [0.2, 0.25) is 0 Å². The summed E-state index contributed by atoms with van der Waals surface area (Å²) in [5.74, 6) is 1.11. The number of thiazole rings is 1. The van der Waals surface area contributed by atoms with E-state index >= 15 is 0 Å². The molecule has 3 rings (SSSR count). The zero-order valence-electron chi connectivity index (χ0n) is 14.1. The Balaban J connectivity index is 1.46. The number of aryl methyl sites for hydroxylation is 1. The summed E-state index contributed by atoms with van der Waals surface area (Å²) in [5, 5.41) is 15.4. The topological polar surface area (TPSA) is 74.2 Å². The highest BCUT2D eigenvalue weighted by atomic mass is 32.2. The van der Waals surface area contributed by atoms with Crippen LogP contribution in [0.3, 0.4) is 0 Å². The van der Waals surface area contributed by atoms with Gasteiger partial charge in [-0.2, -0.15) is 0 Å². The Morgan fingerprint density at radius 1 is 1.16 bits per heavy atom. The van der Waals surface area contributed by atoms with Crippen molar-refractivity contribution in [1.29, 1.82) is 0 Å². The van der Waals surface area contributed by atoms with Gasteiger partial charge in [0.25, 0.3) is 0 Å². The summed E-state index contributed by atoms with van der Waals surface area (Å²) in [7, 11) is 0. The van der Waals surface area contributed by atoms with Crippen LogP contribution in [0.15, 0.2) is 29.2 Å². The summed E-state index contributed by atoms with van der Waals surface area (Å²) in [4.78, 5) is 17.9. The molecule has 0 atom stereocenters. The molecule has 0 saturated heterocycles. The Hall–Kier alpha value is -1.73. The van der Waals surface area contributed by atoms with Crippen LogP contribution in [-0.2, 0) is 6.42 Å². The molecule has 0 fully saturated rings. The Morgan fingerprint density at radius 3 is 2.80 bits per heavy atom. The molecule has 1 aromatic carbocycles. The number of carbonyl (C=O) groups is 1. The maximum absolute atomic E-state index is 10.3. The number of nitrogens with zero attached hydrogens (tertiary/aromatic N) is 1. The van der Waals surface area contributed by atoms with E-state index in [1.165, 1.54) is 15.3 Å². The van der Waals surface area contributed by atoms with E-state index in [0.29, 0.717) is 6.54 Å². The number of rotatable bonds is 8. The Kier molecular flexibility index (Phi) is 6.58. The number of thioether (sulfide) groups is 1. The average molecular weight is 378 g/mol. The molecule has 0 radical (unpaired) electrons. The van der Waals surface area contributed by atoms with Gasteiger partial charge in [0.1, 0.15) is 0 Å². The van der Waals surface area contributed by atoms with Gasteiger partial charge < -0.3 is 15.7 Å². The van der Waals surface area contributed by atoms with Crippen molar-refractivity contribution in [2.75, 3.05) is 24.2 Å². The molecule has 0 spiro atoms. The summed E-state index contributed by atoms with van der Waals surface area (Å²) < 4.78 is 0. The predicted octanol–water partition coefficient (Wildman–Crippen LogP) is 4.70. The zero-order chi connectivity index (χ0) is 17.5. The van der Waals surface area contributed by atoms with Crippen molar-refractivity contribution < 1.29 is 9.90 Å². The number of amides is 1. The highest BCUT2D eigenvalue weighted by Crippen LogP contribution is 2.40. The molecule has 1 aromatic heterocycles. The lowest BCUT2D eigenvalue weighted by Crippen LogP contribution is -2.21. The number of hydrogen-bond donors (Lipinski definition) is 3. The molecule has 0 unspecified atom stereocenters. The van der Waals surface area contributed by atoms with Crippen molar-refractivity contribution in [3.05, 3.63) is 29.1 Å². The number of anilines is 1. The Morgan fingerprint density at radius 2 is 1.96 bits per heavy atom. The number of aromatic nitrogens is 1. The minimum Gasteiger partial charge on any atom is -0.465 e. The normalized spacial score (nSPS) is 12.8. The third-order valence-corrected chi connectivity index (χ3v) is 6.23. The number of carboxylic acid groups (broad SMARTS) is 1. The van der Waals surface area contributed by atoms with Gasteiger partial charge in [-0.15, -0.1) is 23.1 Å². The molecule has 0 saturated carbocycles.